The molecule has 5 aliphatic rings. The number of piperidine rings is 3. The number of rotatable bonds is 7. The van der Waals surface area contributed by atoms with Crippen molar-refractivity contribution in [3.8, 4) is 0 Å². The van der Waals surface area contributed by atoms with E-state index in [0.29, 0.717) is 62.3 Å². The molecule has 49 heavy (non-hydrogen) atoms. The summed E-state index contributed by atoms with van der Waals surface area (Å²) in [6.45, 7) is 4.69. The fraction of sp³-hybridized carbons (Fsp3) is 0.571. The molecule has 3 amide bonds. The van der Waals surface area contributed by atoms with E-state index in [1.54, 1.807) is 19.3 Å². The Morgan fingerprint density at radius 3 is 2.49 bits per heavy atom. The van der Waals surface area contributed by atoms with Crippen LogP contribution in [0, 0.1) is 11.3 Å². The molecule has 1 aromatic carbocycles. The highest BCUT2D eigenvalue weighted by Gasteiger charge is 2.78. The van der Waals surface area contributed by atoms with Crippen molar-refractivity contribution in [2.75, 3.05) is 42.9 Å². The molecule has 3 atom stereocenters. The van der Waals surface area contributed by atoms with Gasteiger partial charge in [-0.3, -0.25) is 29.5 Å². The van der Waals surface area contributed by atoms with Gasteiger partial charge < -0.3 is 15.1 Å². The van der Waals surface area contributed by atoms with E-state index in [1.807, 2.05) is 28.9 Å². The van der Waals surface area contributed by atoms with Crippen LogP contribution < -0.4 is 15.5 Å². The zero-order chi connectivity index (χ0) is 34.1. The van der Waals surface area contributed by atoms with Gasteiger partial charge in [0.25, 0.3) is 11.8 Å². The molecule has 1 saturated carbocycles. The minimum atomic E-state index is -2.73. The summed E-state index contributed by atoms with van der Waals surface area (Å²) >= 11 is 0. The summed E-state index contributed by atoms with van der Waals surface area (Å²) in [5.74, 6) is -4.72. The Kier molecular flexibility index (Phi) is 7.65. The third-order valence-corrected chi connectivity index (χ3v) is 11.9. The van der Waals surface area contributed by atoms with Crippen LogP contribution in [-0.2, 0) is 22.4 Å². The van der Waals surface area contributed by atoms with Crippen LogP contribution in [0.15, 0.2) is 36.7 Å². The Morgan fingerprint density at radius 1 is 1.04 bits per heavy atom. The van der Waals surface area contributed by atoms with Gasteiger partial charge in [-0.25, -0.2) is 13.2 Å². The molecule has 4 fully saturated rings. The maximum Gasteiger partial charge on any atom is 0.276 e. The largest absolute Gasteiger partial charge is 0.371 e. The van der Waals surface area contributed by atoms with E-state index in [1.165, 1.54) is 0 Å². The number of carbonyl (C=O) groups is 3. The average Bonchev–Trinajstić information content (AvgIpc) is 3.50. The number of halogens is 3. The SMILES string of the molecule is CC12Cc3[nH]nc(C(=O)Nc4cnn(C5CCN(CC6(F)CCN(c7ccc(C8CCC(=O)NC8=O)cc7)CC6)CC5)c4)c3CC1C2(F)F. The van der Waals surface area contributed by atoms with Gasteiger partial charge in [-0.1, -0.05) is 19.1 Å². The van der Waals surface area contributed by atoms with E-state index in [9.17, 15) is 23.2 Å². The number of aromatic nitrogens is 4. The van der Waals surface area contributed by atoms with Crippen molar-refractivity contribution in [2.45, 2.75) is 81.8 Å². The number of carbonyl (C=O) groups excluding carboxylic acids is 3. The van der Waals surface area contributed by atoms with Crippen molar-refractivity contribution < 1.29 is 27.6 Å². The molecule has 3 unspecified atom stereocenters. The van der Waals surface area contributed by atoms with Crippen molar-refractivity contribution in [3.63, 3.8) is 0 Å². The van der Waals surface area contributed by atoms with E-state index in [-0.39, 0.29) is 42.3 Å². The molecule has 3 saturated heterocycles. The Labute approximate surface area is 282 Å². The molecule has 2 aromatic heterocycles. The van der Waals surface area contributed by atoms with Crippen LogP contribution >= 0.6 is 0 Å². The number of hydrogen-bond acceptors (Lipinski definition) is 7. The summed E-state index contributed by atoms with van der Waals surface area (Å²) in [7, 11) is 0. The molecule has 0 radical (unpaired) electrons. The maximum atomic E-state index is 16.0. The first-order valence-electron chi connectivity index (χ1n) is 17.3. The number of H-pyrrole nitrogens is 1. The monoisotopic (exact) mass is 678 g/mol. The summed E-state index contributed by atoms with van der Waals surface area (Å²) < 4.78 is 46.5. The minimum Gasteiger partial charge on any atom is -0.371 e. The number of fused-ring (bicyclic) bond motifs is 2. The number of likely N-dealkylation sites (tertiary alicyclic amines) is 1. The van der Waals surface area contributed by atoms with Crippen LogP contribution in [0.25, 0.3) is 0 Å². The second kappa shape index (κ2) is 11.7. The fourth-order valence-electron chi connectivity index (χ4n) is 8.58. The summed E-state index contributed by atoms with van der Waals surface area (Å²) in [6.07, 6.45) is 7.02. The van der Waals surface area contributed by atoms with Crippen LogP contribution in [0.4, 0.5) is 24.5 Å². The standard InChI is InChI=1S/C35H41F3N8O3/c1-33-17-27-26(16-28(33)35(33,37)38)30(43-42-27)32(49)40-22-18-39-46(19-22)24-8-12-44(13-9-24)20-34(36)10-14-45(15-11-34)23-4-2-21(3-5-23)25-6-7-29(47)41-31(25)48/h2-5,18-19,24-25,28H,6-17,20H2,1H3,(H,40,49)(H,42,43)(H,41,47,48). The molecule has 3 aliphatic heterocycles. The van der Waals surface area contributed by atoms with E-state index in [2.05, 4.69) is 35.7 Å². The van der Waals surface area contributed by atoms with Gasteiger partial charge in [0.2, 0.25) is 11.8 Å². The van der Waals surface area contributed by atoms with E-state index in [0.717, 1.165) is 37.2 Å². The summed E-state index contributed by atoms with van der Waals surface area (Å²) in [4.78, 5) is 41.2. The number of benzene rings is 1. The van der Waals surface area contributed by atoms with Crippen molar-refractivity contribution >= 4 is 29.1 Å². The first kappa shape index (κ1) is 32.0. The molecule has 14 heteroatoms. The van der Waals surface area contributed by atoms with Gasteiger partial charge >= 0.3 is 0 Å². The lowest BCUT2D eigenvalue weighted by Gasteiger charge is -2.42. The van der Waals surface area contributed by atoms with Crippen LogP contribution in [-0.4, -0.2) is 86.9 Å². The van der Waals surface area contributed by atoms with Crippen LogP contribution in [0.2, 0.25) is 0 Å². The van der Waals surface area contributed by atoms with Gasteiger partial charge in [-0.15, -0.1) is 0 Å². The Morgan fingerprint density at radius 2 is 1.78 bits per heavy atom. The molecular formula is C35H41F3N8O3. The Bertz CT molecular complexity index is 1770. The van der Waals surface area contributed by atoms with E-state index < -0.39 is 28.8 Å². The van der Waals surface area contributed by atoms with Gasteiger partial charge in [0.15, 0.2) is 5.69 Å². The first-order valence-corrected chi connectivity index (χ1v) is 17.3. The number of imide groups is 1. The lowest BCUT2D eigenvalue weighted by atomic mass is 9.87. The smallest absolute Gasteiger partial charge is 0.276 e. The average molecular weight is 679 g/mol. The highest BCUT2D eigenvalue weighted by atomic mass is 19.3. The number of nitrogens with one attached hydrogen (secondary N) is 3. The van der Waals surface area contributed by atoms with Crippen molar-refractivity contribution in [2.24, 2.45) is 11.3 Å². The number of alkyl halides is 3. The molecule has 3 N–H and O–H groups in total. The second-order valence-corrected chi connectivity index (χ2v) is 14.9. The zero-order valence-corrected chi connectivity index (χ0v) is 27.5. The summed E-state index contributed by atoms with van der Waals surface area (Å²) in [5.41, 5.74) is 1.44. The molecule has 3 aromatic rings. The van der Waals surface area contributed by atoms with Crippen molar-refractivity contribution in [1.82, 2.24) is 30.2 Å². The molecular weight excluding hydrogens is 637 g/mol. The normalized spacial score (nSPS) is 28.0. The molecule has 8 rings (SSSR count). The predicted molar refractivity (Wildman–Crippen MR) is 174 cm³/mol. The van der Waals surface area contributed by atoms with Gasteiger partial charge in [-0.2, -0.15) is 10.2 Å². The predicted octanol–water partition coefficient (Wildman–Crippen LogP) is 4.39. The summed E-state index contributed by atoms with van der Waals surface area (Å²) in [5, 5.41) is 16.7. The quantitative estimate of drug-likeness (QED) is 0.317. The topological polar surface area (TPSA) is 128 Å². The lowest BCUT2D eigenvalue weighted by Crippen LogP contribution is -2.50. The molecule has 5 heterocycles. The lowest BCUT2D eigenvalue weighted by molar-refractivity contribution is -0.134. The zero-order valence-electron chi connectivity index (χ0n) is 27.5. The minimum absolute atomic E-state index is 0.121. The first-order chi connectivity index (χ1) is 23.4. The van der Waals surface area contributed by atoms with Gasteiger partial charge in [0.05, 0.1) is 23.8 Å². The van der Waals surface area contributed by atoms with Gasteiger partial charge in [0, 0.05) is 92.9 Å². The van der Waals surface area contributed by atoms with E-state index in [4.69, 9.17) is 0 Å². The van der Waals surface area contributed by atoms with Crippen molar-refractivity contribution in [1.29, 1.82) is 0 Å². The molecule has 0 bridgehead atoms. The highest BCUT2D eigenvalue weighted by Crippen LogP contribution is 2.70. The van der Waals surface area contributed by atoms with Crippen LogP contribution in [0.3, 0.4) is 0 Å². The Balaban J connectivity index is 0.801. The van der Waals surface area contributed by atoms with Crippen LogP contribution in [0.5, 0.6) is 0 Å². The van der Waals surface area contributed by atoms with Crippen molar-refractivity contribution in [3.05, 3.63) is 59.2 Å². The fourth-order valence-corrected chi connectivity index (χ4v) is 8.58. The van der Waals surface area contributed by atoms with Gasteiger partial charge in [-0.05, 0) is 43.4 Å². The van der Waals surface area contributed by atoms with E-state index >= 15 is 4.39 Å². The number of hydrogen-bond donors (Lipinski definition) is 3. The molecule has 0 spiro atoms. The Hall–Kier alpha value is -4.20. The molecule has 11 nitrogen and oxygen atoms in total. The summed E-state index contributed by atoms with van der Waals surface area (Å²) in [6, 6.07) is 7.96. The third kappa shape index (κ3) is 5.71. The second-order valence-electron chi connectivity index (χ2n) is 14.9. The molecule has 2 aliphatic carbocycles. The number of nitrogens with zero attached hydrogens (tertiary/aromatic N) is 5. The molecule has 260 valence electrons. The maximum absolute atomic E-state index is 16.0. The third-order valence-electron chi connectivity index (χ3n) is 11.9. The number of anilines is 2. The van der Waals surface area contributed by atoms with Gasteiger partial charge in [0.1, 0.15) is 5.67 Å². The highest BCUT2D eigenvalue weighted by molar-refractivity contribution is 6.04. The number of amides is 3. The number of aromatic amines is 1. The van der Waals surface area contributed by atoms with Crippen LogP contribution in [0.1, 0.15) is 84.7 Å².